The lowest BCUT2D eigenvalue weighted by Crippen LogP contribution is -2.44. The van der Waals surface area contributed by atoms with Gasteiger partial charge in [0.2, 0.25) is 5.91 Å². The first-order valence-corrected chi connectivity index (χ1v) is 8.43. The predicted octanol–water partition coefficient (Wildman–Crippen LogP) is 3.19. The van der Waals surface area contributed by atoms with Gasteiger partial charge >= 0.3 is 0 Å². The largest absolute Gasteiger partial charge is 0.493 e. The standard InChI is InChI=1S/C16H21BrN2O3/c1-2-22-14-9-8-12(10-13(14)17)16(21)19-18-15(20)11-6-4-3-5-7-11/h8-11H,2-7H2,1H3,(H,18,20)(H,19,21). The number of ether oxygens (including phenoxy) is 1. The summed E-state index contributed by atoms with van der Waals surface area (Å²) < 4.78 is 6.11. The molecule has 22 heavy (non-hydrogen) atoms. The Hall–Kier alpha value is -1.56. The first-order chi connectivity index (χ1) is 10.6. The fraction of sp³-hybridized carbons (Fsp3) is 0.500. The zero-order chi connectivity index (χ0) is 15.9. The van der Waals surface area contributed by atoms with Gasteiger partial charge in [0.25, 0.3) is 5.91 Å². The molecule has 0 unspecified atom stereocenters. The highest BCUT2D eigenvalue weighted by molar-refractivity contribution is 9.10. The van der Waals surface area contributed by atoms with Crippen molar-refractivity contribution in [3.05, 3.63) is 28.2 Å². The van der Waals surface area contributed by atoms with E-state index in [-0.39, 0.29) is 17.7 Å². The number of hydrazine groups is 1. The second kappa shape index (κ2) is 8.17. The number of halogens is 1. The first-order valence-electron chi connectivity index (χ1n) is 7.64. The minimum atomic E-state index is -0.340. The van der Waals surface area contributed by atoms with E-state index in [1.165, 1.54) is 6.42 Å². The third kappa shape index (κ3) is 4.47. The number of carbonyl (C=O) groups excluding carboxylic acids is 2. The maximum Gasteiger partial charge on any atom is 0.269 e. The van der Waals surface area contributed by atoms with Gasteiger partial charge in [0.05, 0.1) is 11.1 Å². The normalized spacial score (nSPS) is 15.2. The molecule has 2 rings (SSSR count). The second-order valence-corrected chi connectivity index (χ2v) is 6.21. The minimum absolute atomic E-state index is 0.0149. The Morgan fingerprint density at radius 2 is 1.95 bits per heavy atom. The molecule has 0 spiro atoms. The fourth-order valence-corrected chi connectivity index (χ4v) is 3.07. The molecule has 0 radical (unpaired) electrons. The molecule has 120 valence electrons. The van der Waals surface area contributed by atoms with Gasteiger partial charge in [0.15, 0.2) is 0 Å². The lowest BCUT2D eigenvalue weighted by atomic mass is 9.89. The number of nitrogens with one attached hydrogen (secondary N) is 2. The van der Waals surface area contributed by atoms with E-state index < -0.39 is 0 Å². The van der Waals surface area contributed by atoms with Crippen molar-refractivity contribution in [2.75, 3.05) is 6.61 Å². The number of hydrogen-bond donors (Lipinski definition) is 2. The minimum Gasteiger partial charge on any atom is -0.493 e. The fourth-order valence-electron chi connectivity index (χ4n) is 2.57. The number of benzene rings is 1. The van der Waals surface area contributed by atoms with Gasteiger partial charge in [-0.3, -0.25) is 20.4 Å². The molecule has 0 heterocycles. The molecule has 5 nitrogen and oxygen atoms in total. The Balaban J connectivity index is 1.89. The van der Waals surface area contributed by atoms with Gasteiger partial charge in [-0.25, -0.2) is 0 Å². The molecule has 0 saturated heterocycles. The molecular formula is C16H21BrN2O3. The number of carbonyl (C=O) groups is 2. The van der Waals surface area contributed by atoms with Crippen LogP contribution in [0.25, 0.3) is 0 Å². The lowest BCUT2D eigenvalue weighted by molar-refractivity contribution is -0.126. The molecule has 2 amide bonds. The van der Waals surface area contributed by atoms with Crippen molar-refractivity contribution >= 4 is 27.7 Å². The van der Waals surface area contributed by atoms with Crippen molar-refractivity contribution in [3.8, 4) is 5.75 Å². The number of amides is 2. The van der Waals surface area contributed by atoms with E-state index in [2.05, 4.69) is 26.8 Å². The molecule has 1 aromatic rings. The topological polar surface area (TPSA) is 67.4 Å². The summed E-state index contributed by atoms with van der Waals surface area (Å²) in [5, 5.41) is 0. The van der Waals surface area contributed by atoms with Crippen LogP contribution in [0.2, 0.25) is 0 Å². The van der Waals surface area contributed by atoms with Gasteiger partial charge in [-0.1, -0.05) is 19.3 Å². The Bertz CT molecular complexity index is 542. The Labute approximate surface area is 138 Å². The van der Waals surface area contributed by atoms with Crippen molar-refractivity contribution < 1.29 is 14.3 Å². The molecule has 1 aliphatic carbocycles. The maximum absolute atomic E-state index is 12.1. The summed E-state index contributed by atoms with van der Waals surface area (Å²) in [5.41, 5.74) is 5.46. The highest BCUT2D eigenvalue weighted by atomic mass is 79.9. The van der Waals surface area contributed by atoms with Crippen molar-refractivity contribution in [2.24, 2.45) is 5.92 Å². The van der Waals surface area contributed by atoms with E-state index in [4.69, 9.17) is 4.74 Å². The Kier molecular flexibility index (Phi) is 6.24. The molecule has 1 fully saturated rings. The van der Waals surface area contributed by atoms with Crippen LogP contribution in [0.4, 0.5) is 0 Å². The van der Waals surface area contributed by atoms with Crippen molar-refractivity contribution in [3.63, 3.8) is 0 Å². The summed E-state index contributed by atoms with van der Waals surface area (Å²) in [4.78, 5) is 24.1. The molecule has 0 aromatic heterocycles. The monoisotopic (exact) mass is 368 g/mol. The second-order valence-electron chi connectivity index (χ2n) is 5.36. The van der Waals surface area contributed by atoms with E-state index >= 15 is 0 Å². The molecule has 1 saturated carbocycles. The van der Waals surface area contributed by atoms with Gasteiger partial charge in [-0.15, -0.1) is 0 Å². The molecule has 1 aliphatic rings. The molecule has 1 aromatic carbocycles. The van der Waals surface area contributed by atoms with Crippen molar-refractivity contribution in [1.82, 2.24) is 10.9 Å². The molecule has 6 heteroatoms. The van der Waals surface area contributed by atoms with Crippen LogP contribution in [0.1, 0.15) is 49.4 Å². The van der Waals surface area contributed by atoms with Gasteiger partial charge in [-0.05, 0) is 53.9 Å². The summed E-state index contributed by atoms with van der Waals surface area (Å²) in [7, 11) is 0. The molecule has 0 aliphatic heterocycles. The number of rotatable bonds is 4. The maximum atomic E-state index is 12.1. The van der Waals surface area contributed by atoms with Crippen LogP contribution in [0.15, 0.2) is 22.7 Å². The summed E-state index contributed by atoms with van der Waals surface area (Å²) >= 11 is 3.37. The van der Waals surface area contributed by atoms with Crippen LogP contribution < -0.4 is 15.6 Å². The third-order valence-electron chi connectivity index (χ3n) is 3.77. The molecule has 2 N–H and O–H groups in total. The van der Waals surface area contributed by atoms with Crippen LogP contribution >= 0.6 is 15.9 Å². The molecule has 0 atom stereocenters. The van der Waals surface area contributed by atoms with Gasteiger partial charge in [0.1, 0.15) is 5.75 Å². The van der Waals surface area contributed by atoms with Crippen LogP contribution in [0.5, 0.6) is 5.75 Å². The summed E-state index contributed by atoms with van der Waals surface area (Å²) in [6.45, 7) is 2.45. The van der Waals surface area contributed by atoms with Crippen LogP contribution in [0.3, 0.4) is 0 Å². The summed E-state index contributed by atoms with van der Waals surface area (Å²) in [6, 6.07) is 5.07. The molecular weight excluding hydrogens is 348 g/mol. The van der Waals surface area contributed by atoms with E-state index in [0.717, 1.165) is 25.7 Å². The highest BCUT2D eigenvalue weighted by Crippen LogP contribution is 2.26. The SMILES string of the molecule is CCOc1ccc(C(=O)NNC(=O)C2CCCCC2)cc1Br. The average molecular weight is 369 g/mol. The average Bonchev–Trinajstić information content (AvgIpc) is 2.55. The van der Waals surface area contributed by atoms with E-state index in [1.807, 2.05) is 6.92 Å². The smallest absolute Gasteiger partial charge is 0.269 e. The van der Waals surface area contributed by atoms with Crippen LogP contribution in [0, 0.1) is 5.92 Å². The summed E-state index contributed by atoms with van der Waals surface area (Å²) in [6.07, 6.45) is 5.15. The highest BCUT2D eigenvalue weighted by Gasteiger charge is 2.21. The van der Waals surface area contributed by atoms with Gasteiger partial charge in [-0.2, -0.15) is 0 Å². The zero-order valence-corrected chi connectivity index (χ0v) is 14.2. The van der Waals surface area contributed by atoms with Gasteiger partial charge in [0, 0.05) is 11.5 Å². The van der Waals surface area contributed by atoms with E-state index in [0.29, 0.717) is 22.4 Å². The first kappa shape index (κ1) is 16.8. The zero-order valence-electron chi connectivity index (χ0n) is 12.7. The van der Waals surface area contributed by atoms with Crippen molar-refractivity contribution in [2.45, 2.75) is 39.0 Å². The van der Waals surface area contributed by atoms with Crippen molar-refractivity contribution in [1.29, 1.82) is 0 Å². The van der Waals surface area contributed by atoms with Gasteiger partial charge < -0.3 is 4.74 Å². The third-order valence-corrected chi connectivity index (χ3v) is 4.39. The summed E-state index contributed by atoms with van der Waals surface area (Å²) in [5.74, 6) is 0.261. The molecule has 0 bridgehead atoms. The van der Waals surface area contributed by atoms with E-state index in [1.54, 1.807) is 18.2 Å². The predicted molar refractivity (Wildman–Crippen MR) is 87.5 cm³/mol. The van der Waals surface area contributed by atoms with E-state index in [9.17, 15) is 9.59 Å². The number of hydrogen-bond acceptors (Lipinski definition) is 3. The van der Waals surface area contributed by atoms with Crippen LogP contribution in [-0.4, -0.2) is 18.4 Å². The Morgan fingerprint density at radius 3 is 2.59 bits per heavy atom. The Morgan fingerprint density at radius 1 is 1.23 bits per heavy atom. The quantitative estimate of drug-likeness (QED) is 0.801. The van der Waals surface area contributed by atoms with Crippen LogP contribution in [-0.2, 0) is 4.79 Å². The lowest BCUT2D eigenvalue weighted by Gasteiger charge is -2.20.